The van der Waals surface area contributed by atoms with Crippen molar-refractivity contribution in [1.29, 1.82) is 0 Å². The van der Waals surface area contributed by atoms with Gasteiger partial charge in [-0.05, 0) is 73.1 Å². The van der Waals surface area contributed by atoms with Gasteiger partial charge >= 0.3 is 0 Å². The van der Waals surface area contributed by atoms with E-state index in [9.17, 15) is 0 Å². The number of hydrazine groups is 1. The van der Waals surface area contributed by atoms with Crippen molar-refractivity contribution >= 4 is 5.69 Å². The van der Waals surface area contributed by atoms with E-state index < -0.39 is 0 Å². The van der Waals surface area contributed by atoms with Gasteiger partial charge in [-0.1, -0.05) is 0 Å². The van der Waals surface area contributed by atoms with Crippen LogP contribution in [0.25, 0.3) is 0 Å². The zero-order chi connectivity index (χ0) is 17.5. The Balaban J connectivity index is 1.52. The predicted molar refractivity (Wildman–Crippen MR) is 103 cm³/mol. The third-order valence-corrected chi connectivity index (χ3v) is 6.48. The van der Waals surface area contributed by atoms with Crippen LogP contribution in [0.5, 0.6) is 5.75 Å². The monoisotopic (exact) mass is 357 g/mol. The van der Waals surface area contributed by atoms with Gasteiger partial charge in [0, 0.05) is 26.2 Å². The van der Waals surface area contributed by atoms with Crippen molar-refractivity contribution in [2.45, 2.75) is 44.4 Å². The van der Waals surface area contributed by atoms with Crippen molar-refractivity contribution in [3.63, 3.8) is 0 Å². The van der Waals surface area contributed by atoms with Crippen LogP contribution in [0, 0.1) is 5.92 Å². The van der Waals surface area contributed by atoms with E-state index in [1.165, 1.54) is 36.9 Å². The molecule has 2 fully saturated rings. The maximum Gasteiger partial charge on any atom is 0.143 e. The fraction of sp³-hybridized carbons (Fsp3) is 0.714. The lowest BCUT2D eigenvalue weighted by atomic mass is 9.90. The summed E-state index contributed by atoms with van der Waals surface area (Å²) in [5.41, 5.74) is 6.06. The van der Waals surface area contributed by atoms with E-state index in [0.717, 1.165) is 70.5 Å². The number of benzene rings is 1. The third-order valence-electron chi connectivity index (χ3n) is 6.48. The first-order valence-corrected chi connectivity index (χ1v) is 10.4. The fourth-order valence-corrected chi connectivity index (χ4v) is 4.98. The highest BCUT2D eigenvalue weighted by molar-refractivity contribution is 5.71. The first-order valence-electron chi connectivity index (χ1n) is 10.4. The van der Waals surface area contributed by atoms with Gasteiger partial charge < -0.3 is 14.4 Å². The SMILES string of the molecule is NN1CCc2cc3c(c(C4CC4)c2CC1)N(C[C@H]1CCCOC1)CCO3. The molecular formula is C21H31N3O2. The van der Waals surface area contributed by atoms with Crippen molar-refractivity contribution in [3.8, 4) is 5.75 Å². The third kappa shape index (κ3) is 3.21. The van der Waals surface area contributed by atoms with Gasteiger partial charge in [0.2, 0.25) is 0 Å². The molecule has 0 amide bonds. The summed E-state index contributed by atoms with van der Waals surface area (Å²) in [5, 5.41) is 1.98. The summed E-state index contributed by atoms with van der Waals surface area (Å²) < 4.78 is 11.9. The second-order valence-electron chi connectivity index (χ2n) is 8.46. The predicted octanol–water partition coefficient (Wildman–Crippen LogP) is 2.46. The summed E-state index contributed by atoms with van der Waals surface area (Å²) in [6.07, 6.45) is 7.27. The summed E-state index contributed by atoms with van der Waals surface area (Å²) in [5.74, 6) is 8.65. The Morgan fingerprint density at radius 2 is 1.96 bits per heavy atom. The molecule has 1 aromatic carbocycles. The lowest BCUT2D eigenvalue weighted by molar-refractivity contribution is 0.0567. The molecule has 5 heteroatoms. The molecular weight excluding hydrogens is 326 g/mol. The number of fused-ring (bicyclic) bond motifs is 2. The van der Waals surface area contributed by atoms with Crippen LogP contribution < -0.4 is 15.5 Å². The number of nitrogens with zero attached hydrogens (tertiary/aromatic N) is 2. The maximum absolute atomic E-state index is 6.18. The quantitative estimate of drug-likeness (QED) is 0.842. The van der Waals surface area contributed by atoms with E-state index in [0.29, 0.717) is 5.92 Å². The van der Waals surface area contributed by atoms with Crippen LogP contribution in [0.15, 0.2) is 6.07 Å². The summed E-state index contributed by atoms with van der Waals surface area (Å²) in [7, 11) is 0. The highest BCUT2D eigenvalue weighted by atomic mass is 16.5. The Bertz CT molecular complexity index is 668. The topological polar surface area (TPSA) is 51.0 Å². The van der Waals surface area contributed by atoms with Crippen molar-refractivity contribution < 1.29 is 9.47 Å². The summed E-state index contributed by atoms with van der Waals surface area (Å²) in [6.45, 7) is 6.67. The molecule has 4 aliphatic rings. The van der Waals surface area contributed by atoms with Gasteiger partial charge in [0.15, 0.2) is 0 Å². The smallest absolute Gasteiger partial charge is 0.143 e. The number of hydrogen-bond donors (Lipinski definition) is 1. The van der Waals surface area contributed by atoms with Crippen LogP contribution in [0.3, 0.4) is 0 Å². The average Bonchev–Trinajstić information content (AvgIpc) is 3.50. The minimum absolute atomic E-state index is 0.653. The zero-order valence-electron chi connectivity index (χ0n) is 15.7. The van der Waals surface area contributed by atoms with E-state index in [2.05, 4.69) is 11.0 Å². The molecule has 0 radical (unpaired) electrons. The molecule has 3 heterocycles. The van der Waals surface area contributed by atoms with Crippen LogP contribution in [0.4, 0.5) is 5.69 Å². The molecule has 0 bridgehead atoms. The Morgan fingerprint density at radius 1 is 1.08 bits per heavy atom. The Kier molecular flexibility index (Phi) is 4.55. The molecule has 5 rings (SSSR count). The largest absolute Gasteiger partial charge is 0.490 e. The normalized spacial score (nSPS) is 26.7. The van der Waals surface area contributed by atoms with Crippen LogP contribution in [0.1, 0.15) is 48.3 Å². The Labute approximate surface area is 156 Å². The molecule has 1 saturated heterocycles. The molecule has 1 saturated carbocycles. The minimum atomic E-state index is 0.653. The van der Waals surface area contributed by atoms with Crippen LogP contribution >= 0.6 is 0 Å². The number of anilines is 1. The van der Waals surface area contributed by atoms with Crippen LogP contribution in [-0.4, -0.2) is 51.0 Å². The van der Waals surface area contributed by atoms with E-state index in [1.807, 2.05) is 5.01 Å². The second kappa shape index (κ2) is 7.02. The van der Waals surface area contributed by atoms with E-state index in [4.69, 9.17) is 15.3 Å². The summed E-state index contributed by atoms with van der Waals surface area (Å²) >= 11 is 0. The number of hydrogen-bond acceptors (Lipinski definition) is 5. The molecule has 0 aromatic heterocycles. The summed E-state index contributed by atoms with van der Waals surface area (Å²) in [4.78, 5) is 2.62. The number of nitrogens with two attached hydrogens (primary N) is 1. The van der Waals surface area contributed by atoms with Crippen molar-refractivity contribution in [1.82, 2.24) is 5.01 Å². The molecule has 3 aliphatic heterocycles. The van der Waals surface area contributed by atoms with Gasteiger partial charge in [-0.3, -0.25) is 5.84 Å². The lowest BCUT2D eigenvalue weighted by Crippen LogP contribution is -2.39. The van der Waals surface area contributed by atoms with Crippen molar-refractivity contribution in [2.24, 2.45) is 11.8 Å². The number of rotatable bonds is 3. The van der Waals surface area contributed by atoms with Gasteiger partial charge in [0.1, 0.15) is 12.4 Å². The fourth-order valence-electron chi connectivity index (χ4n) is 4.98. The molecule has 0 spiro atoms. The second-order valence-corrected chi connectivity index (χ2v) is 8.46. The molecule has 0 unspecified atom stereocenters. The highest BCUT2D eigenvalue weighted by Gasteiger charge is 2.36. The van der Waals surface area contributed by atoms with Gasteiger partial charge in [0.25, 0.3) is 0 Å². The van der Waals surface area contributed by atoms with E-state index >= 15 is 0 Å². The first-order chi connectivity index (χ1) is 12.8. The Morgan fingerprint density at radius 3 is 2.77 bits per heavy atom. The molecule has 5 nitrogen and oxygen atoms in total. The van der Waals surface area contributed by atoms with Crippen molar-refractivity contribution in [3.05, 3.63) is 22.8 Å². The Hall–Kier alpha value is -1.30. The zero-order valence-corrected chi connectivity index (χ0v) is 15.7. The number of ether oxygens (including phenoxy) is 2. The lowest BCUT2D eigenvalue weighted by Gasteiger charge is -2.38. The summed E-state index contributed by atoms with van der Waals surface area (Å²) in [6, 6.07) is 2.33. The van der Waals surface area contributed by atoms with Gasteiger partial charge in [-0.25, -0.2) is 5.01 Å². The van der Waals surface area contributed by atoms with Gasteiger partial charge in [-0.2, -0.15) is 0 Å². The molecule has 1 aliphatic carbocycles. The van der Waals surface area contributed by atoms with E-state index in [1.54, 1.807) is 11.1 Å². The van der Waals surface area contributed by atoms with Crippen LogP contribution in [-0.2, 0) is 17.6 Å². The minimum Gasteiger partial charge on any atom is -0.490 e. The average molecular weight is 357 g/mol. The van der Waals surface area contributed by atoms with Gasteiger partial charge in [0.05, 0.1) is 18.8 Å². The maximum atomic E-state index is 6.18. The molecule has 1 atom stereocenters. The molecule has 26 heavy (non-hydrogen) atoms. The highest BCUT2D eigenvalue weighted by Crippen LogP contribution is 2.51. The first kappa shape index (κ1) is 16.8. The van der Waals surface area contributed by atoms with Crippen molar-refractivity contribution in [2.75, 3.05) is 50.9 Å². The van der Waals surface area contributed by atoms with Crippen LogP contribution in [0.2, 0.25) is 0 Å². The van der Waals surface area contributed by atoms with E-state index in [-0.39, 0.29) is 0 Å². The van der Waals surface area contributed by atoms with Gasteiger partial charge in [-0.15, -0.1) is 0 Å². The molecule has 1 aromatic rings. The molecule has 142 valence electrons. The molecule has 2 N–H and O–H groups in total. The standard InChI is InChI=1S/C21H31N3O2/c22-24-7-5-17-12-19-21(20(16-3-4-16)18(17)6-8-24)23(9-11-26-19)13-15-2-1-10-25-14-15/h12,15-16H,1-11,13-14,22H2/t15-/m1/s1.